The van der Waals surface area contributed by atoms with Crippen LogP contribution in [0.1, 0.15) is 261 Å². The number of hydrogen-bond donors (Lipinski definition) is 1. The molecule has 0 saturated carbocycles. The molecule has 0 aromatic carbocycles. The van der Waals surface area contributed by atoms with Crippen LogP contribution < -0.4 is 5.32 Å². The maximum Gasteiger partial charge on any atom is 0.303 e. The highest BCUT2D eigenvalue weighted by molar-refractivity contribution is 5.83. The summed E-state index contributed by atoms with van der Waals surface area (Å²) in [7, 11) is 0. The van der Waals surface area contributed by atoms with Gasteiger partial charge in [0.1, 0.15) is 18.8 Å². The van der Waals surface area contributed by atoms with Crippen LogP contribution in [0.25, 0.3) is 0 Å². The Balaban J connectivity index is 3.36. The van der Waals surface area contributed by atoms with E-state index < -0.39 is 116 Å². The SMILES string of the molecule is CCCCCCCCC/C=C\CCC[C@@H](OC(C)=O)[C@@H](OC(C)=O)[C@H](CO[C@@H]1O[C@H](COC(C)=O)[C@@H](OC(C)=O)[C@H](OC(C)=O)[C@H]1OC(C)=O)NC(=O)[C@@H](CCCCCCCCCCCCCCCCCCCCC)OC(C)=O. The minimum absolute atomic E-state index is 0.175. The van der Waals surface area contributed by atoms with Gasteiger partial charge in [-0.05, 0) is 44.9 Å². The third-order valence-corrected chi connectivity index (χ3v) is 13.8. The summed E-state index contributed by atoms with van der Waals surface area (Å²) in [4.78, 5) is 102. The number of ether oxygens (including phenoxy) is 9. The summed E-state index contributed by atoms with van der Waals surface area (Å²) in [5.74, 6) is -6.19. The molecule has 0 unspecified atom stereocenters. The average molecular weight is 1120 g/mol. The highest BCUT2D eigenvalue weighted by Gasteiger charge is 2.53. The second kappa shape index (κ2) is 46.1. The van der Waals surface area contributed by atoms with Crippen LogP contribution >= 0.6 is 0 Å². The Hall–Kier alpha value is -4.58. The van der Waals surface area contributed by atoms with Crippen molar-refractivity contribution in [3.8, 4) is 0 Å². The van der Waals surface area contributed by atoms with Gasteiger partial charge in [0.2, 0.25) is 0 Å². The van der Waals surface area contributed by atoms with Crippen molar-refractivity contribution in [1.29, 1.82) is 0 Å². The van der Waals surface area contributed by atoms with E-state index in [1.165, 1.54) is 136 Å². The summed E-state index contributed by atoms with van der Waals surface area (Å²) in [5, 5.41) is 2.85. The van der Waals surface area contributed by atoms with Crippen LogP contribution in [0.2, 0.25) is 0 Å². The molecule has 1 heterocycles. The first-order valence-corrected chi connectivity index (χ1v) is 30.3. The van der Waals surface area contributed by atoms with E-state index in [4.69, 9.17) is 42.6 Å². The van der Waals surface area contributed by atoms with E-state index in [9.17, 15) is 38.4 Å². The Kier molecular flexibility index (Phi) is 42.2. The van der Waals surface area contributed by atoms with Crippen molar-refractivity contribution in [2.24, 2.45) is 0 Å². The maximum absolute atomic E-state index is 14.4. The highest BCUT2D eigenvalue weighted by Crippen LogP contribution is 2.31. The number of rotatable bonds is 47. The van der Waals surface area contributed by atoms with Crippen molar-refractivity contribution in [2.45, 2.75) is 316 Å². The molecular formula is C61H105NO17. The number of amides is 1. The lowest BCUT2D eigenvalue weighted by atomic mass is 9.97. The molecule has 0 bridgehead atoms. The topological polar surface area (TPSA) is 232 Å². The number of carbonyl (C=O) groups is 8. The normalized spacial score (nSPS) is 18.6. The van der Waals surface area contributed by atoms with E-state index in [2.05, 4.69) is 31.3 Å². The van der Waals surface area contributed by atoms with Gasteiger partial charge in [-0.3, -0.25) is 38.4 Å². The smallest absolute Gasteiger partial charge is 0.303 e. The summed E-state index contributed by atoms with van der Waals surface area (Å²) >= 11 is 0. The van der Waals surface area contributed by atoms with Gasteiger partial charge < -0.3 is 47.9 Å². The lowest BCUT2D eigenvalue weighted by molar-refractivity contribution is -0.310. The van der Waals surface area contributed by atoms with E-state index in [0.717, 1.165) is 79.6 Å². The van der Waals surface area contributed by atoms with Gasteiger partial charge >= 0.3 is 41.8 Å². The fraction of sp³-hybridized carbons (Fsp3) is 0.836. The first-order valence-electron chi connectivity index (χ1n) is 30.3. The molecule has 0 spiro atoms. The van der Waals surface area contributed by atoms with Gasteiger partial charge in [0.05, 0.1) is 12.6 Å². The van der Waals surface area contributed by atoms with Crippen LogP contribution in [-0.2, 0) is 81.0 Å². The molecule has 0 aromatic heterocycles. The third kappa shape index (κ3) is 37.1. The molecule has 0 radical (unpaired) electrons. The summed E-state index contributed by atoms with van der Waals surface area (Å²) in [6, 6.07) is -1.37. The molecular weight excluding hydrogens is 1020 g/mol. The lowest BCUT2D eigenvalue weighted by Crippen LogP contribution is -2.63. The maximum atomic E-state index is 14.4. The van der Waals surface area contributed by atoms with Crippen LogP contribution in [0.3, 0.4) is 0 Å². The predicted octanol–water partition coefficient (Wildman–Crippen LogP) is 12.1. The summed E-state index contributed by atoms with van der Waals surface area (Å²) in [5.41, 5.74) is 0. The molecule has 0 aliphatic carbocycles. The second-order valence-corrected chi connectivity index (χ2v) is 21.3. The molecule has 18 heteroatoms. The van der Waals surface area contributed by atoms with Crippen LogP contribution in [-0.4, -0.2) is 116 Å². The van der Waals surface area contributed by atoms with Crippen molar-refractivity contribution in [3.05, 3.63) is 12.2 Å². The number of nitrogens with one attached hydrogen (secondary N) is 1. The number of unbranched alkanes of at least 4 members (excludes halogenated alkanes) is 26. The Morgan fingerprint density at radius 2 is 0.861 bits per heavy atom. The Morgan fingerprint density at radius 1 is 0.443 bits per heavy atom. The van der Waals surface area contributed by atoms with Crippen molar-refractivity contribution in [3.63, 3.8) is 0 Å². The van der Waals surface area contributed by atoms with Gasteiger partial charge in [-0.25, -0.2) is 0 Å². The van der Waals surface area contributed by atoms with Crippen LogP contribution in [0.5, 0.6) is 0 Å². The van der Waals surface area contributed by atoms with Gasteiger partial charge in [-0.1, -0.05) is 180 Å². The van der Waals surface area contributed by atoms with Crippen LogP contribution in [0, 0.1) is 0 Å². The Labute approximate surface area is 474 Å². The number of hydrogen-bond acceptors (Lipinski definition) is 17. The lowest BCUT2D eigenvalue weighted by Gasteiger charge is -2.44. The quantitative estimate of drug-likeness (QED) is 0.0258. The zero-order chi connectivity index (χ0) is 58.6. The molecule has 79 heavy (non-hydrogen) atoms. The number of esters is 7. The van der Waals surface area contributed by atoms with Gasteiger partial charge in [0.15, 0.2) is 36.8 Å². The summed E-state index contributed by atoms with van der Waals surface area (Å²) in [6.07, 6.45) is 26.2. The molecule has 1 N–H and O–H groups in total. The number of allylic oxidation sites excluding steroid dienone is 2. The fourth-order valence-corrected chi connectivity index (χ4v) is 9.87. The molecule has 1 fully saturated rings. The molecule has 1 amide bonds. The predicted molar refractivity (Wildman–Crippen MR) is 300 cm³/mol. The van der Waals surface area contributed by atoms with Gasteiger partial charge in [0, 0.05) is 48.5 Å². The highest BCUT2D eigenvalue weighted by atomic mass is 16.7. The fourth-order valence-electron chi connectivity index (χ4n) is 9.87. The molecule has 456 valence electrons. The minimum atomic E-state index is -1.68. The van der Waals surface area contributed by atoms with Gasteiger partial charge in [0.25, 0.3) is 5.91 Å². The van der Waals surface area contributed by atoms with E-state index in [1.807, 2.05) is 0 Å². The zero-order valence-electron chi connectivity index (χ0n) is 50.1. The first kappa shape index (κ1) is 72.4. The van der Waals surface area contributed by atoms with Crippen molar-refractivity contribution >= 4 is 47.7 Å². The summed E-state index contributed by atoms with van der Waals surface area (Å²) < 4.78 is 51.8. The molecule has 1 aliphatic heterocycles. The first-order chi connectivity index (χ1) is 37.9. The Morgan fingerprint density at radius 3 is 1.30 bits per heavy atom. The molecule has 0 aromatic rings. The van der Waals surface area contributed by atoms with Crippen molar-refractivity contribution in [1.82, 2.24) is 5.32 Å². The number of carbonyl (C=O) groups excluding carboxylic acids is 8. The average Bonchev–Trinajstić information content (AvgIpc) is 3.43. The minimum Gasteiger partial charge on any atom is -0.463 e. The van der Waals surface area contributed by atoms with Gasteiger partial charge in [-0.2, -0.15) is 0 Å². The molecule has 1 saturated heterocycles. The third-order valence-electron chi connectivity index (χ3n) is 13.8. The van der Waals surface area contributed by atoms with E-state index in [1.54, 1.807) is 0 Å². The largest absolute Gasteiger partial charge is 0.463 e. The standard InChI is InChI=1S/C61H105NO17/c1-10-12-14-16-18-20-22-24-25-26-27-28-29-30-32-34-36-38-40-42-54(74-47(5)65)60(70)62-52(56(75-48(6)66)53(73-46(4)64)41-39-37-35-33-31-23-21-19-17-15-13-11-2)43-72-61-59(78-51(9)69)58(77-50(8)68)57(76-49(7)67)55(79-61)44-71-45(3)63/h33,35,52-59,61H,10-32,34,36-44H2,1-9H3,(H,62,70)/b35-33-/t52-,53+,54+,55+,56-,57+,58-,59+,61+/m0/s1. The molecule has 1 aliphatic rings. The van der Waals surface area contributed by atoms with E-state index >= 15 is 0 Å². The zero-order valence-corrected chi connectivity index (χ0v) is 50.1. The van der Waals surface area contributed by atoms with Gasteiger partial charge in [-0.15, -0.1) is 0 Å². The van der Waals surface area contributed by atoms with Crippen LogP contribution in [0.15, 0.2) is 12.2 Å². The molecule has 9 atom stereocenters. The van der Waals surface area contributed by atoms with E-state index in [-0.39, 0.29) is 12.8 Å². The Bertz CT molecular complexity index is 1740. The molecule has 18 nitrogen and oxygen atoms in total. The summed E-state index contributed by atoms with van der Waals surface area (Å²) in [6.45, 7) is 11.3. The van der Waals surface area contributed by atoms with Crippen molar-refractivity contribution < 1.29 is 81.0 Å². The van der Waals surface area contributed by atoms with Crippen molar-refractivity contribution in [2.75, 3.05) is 13.2 Å². The molecule has 1 rings (SSSR count). The van der Waals surface area contributed by atoms with Crippen LogP contribution in [0.4, 0.5) is 0 Å². The second-order valence-electron chi connectivity index (χ2n) is 21.3. The van der Waals surface area contributed by atoms with E-state index in [0.29, 0.717) is 19.3 Å². The monoisotopic (exact) mass is 1120 g/mol.